The molecule has 2 aliphatic heterocycles. The van der Waals surface area contributed by atoms with E-state index >= 15 is 0 Å². The molecule has 2 aliphatic rings. The zero-order chi connectivity index (χ0) is 25.7. The van der Waals surface area contributed by atoms with Crippen molar-refractivity contribution in [3.8, 4) is 0 Å². The minimum absolute atomic E-state index is 0.281. The van der Waals surface area contributed by atoms with Crippen LogP contribution in [0, 0.1) is 5.92 Å². The number of carbonyl (C=O) groups is 3. The lowest BCUT2D eigenvalue weighted by atomic mass is 9.94. The van der Waals surface area contributed by atoms with Crippen LogP contribution in [0.5, 0.6) is 0 Å². The van der Waals surface area contributed by atoms with Gasteiger partial charge in [0.05, 0.1) is 24.6 Å². The Morgan fingerprint density at radius 2 is 1.81 bits per heavy atom. The van der Waals surface area contributed by atoms with E-state index in [1.165, 1.54) is 17.1 Å². The average molecular weight is 496 g/mol. The van der Waals surface area contributed by atoms with Gasteiger partial charge in [-0.25, -0.2) is 9.86 Å². The van der Waals surface area contributed by atoms with E-state index in [1.54, 1.807) is 6.92 Å². The molecular formula is C27H33N3O6. The van der Waals surface area contributed by atoms with Gasteiger partial charge in [0.2, 0.25) is 5.91 Å². The molecule has 0 aliphatic carbocycles. The molecule has 3 amide bonds. The van der Waals surface area contributed by atoms with Gasteiger partial charge in [0, 0.05) is 20.1 Å². The van der Waals surface area contributed by atoms with Crippen molar-refractivity contribution >= 4 is 17.9 Å². The highest BCUT2D eigenvalue weighted by Crippen LogP contribution is 2.27. The van der Waals surface area contributed by atoms with E-state index in [9.17, 15) is 19.5 Å². The molecule has 1 fully saturated rings. The minimum atomic E-state index is -1.02. The number of ether oxygens (including phenoxy) is 1. The van der Waals surface area contributed by atoms with Crippen molar-refractivity contribution in [2.24, 2.45) is 5.92 Å². The lowest BCUT2D eigenvalue weighted by molar-refractivity contribution is -0.203. The van der Waals surface area contributed by atoms with Crippen LogP contribution in [0.3, 0.4) is 0 Å². The summed E-state index contributed by atoms with van der Waals surface area (Å²) in [7, 11) is 1.48. The highest BCUT2D eigenvalue weighted by atomic mass is 16.7. The summed E-state index contributed by atoms with van der Waals surface area (Å²) in [5.41, 5.74) is 2.93. The third kappa shape index (κ3) is 5.68. The summed E-state index contributed by atoms with van der Waals surface area (Å²) in [6, 6.07) is 16.0. The Morgan fingerprint density at radius 3 is 2.50 bits per heavy atom. The Bertz CT molecular complexity index is 1080. The van der Waals surface area contributed by atoms with Gasteiger partial charge in [0.15, 0.2) is 0 Å². The van der Waals surface area contributed by atoms with Crippen molar-refractivity contribution in [1.29, 1.82) is 0 Å². The van der Waals surface area contributed by atoms with Crippen LogP contribution in [-0.4, -0.2) is 64.8 Å². The number of carboxylic acid groups (broad SMARTS) is 1. The SMILES string of the molecule is CO[C@H]([C@@H](C)C(=O)N[C@@H](Cc1ccccc1)C(=O)N1Cc2ccccc2CO1)[C@@H]1CCCN1C(=O)O. The normalized spacial score (nSPS) is 19.8. The van der Waals surface area contributed by atoms with Gasteiger partial charge in [-0.05, 0) is 29.5 Å². The first-order valence-electron chi connectivity index (χ1n) is 12.3. The standard InChI is InChI=1S/C27H33N3O6/c1-18(24(35-2)23-13-8-14-29(23)27(33)34)25(31)28-22(15-19-9-4-3-5-10-19)26(32)30-16-20-11-6-7-12-21(20)17-36-30/h3-7,9-12,18,22-24H,8,13-17H2,1-2H3,(H,28,31)(H,33,34)/t18-,22+,23+,24-/m1/s1. The van der Waals surface area contributed by atoms with Gasteiger partial charge in [0.1, 0.15) is 12.6 Å². The Kier molecular flexibility index (Phi) is 8.22. The van der Waals surface area contributed by atoms with Crippen LogP contribution in [0.15, 0.2) is 54.6 Å². The molecule has 2 aromatic carbocycles. The number of methoxy groups -OCH3 is 1. The molecule has 2 N–H and O–H groups in total. The molecule has 192 valence electrons. The number of hydrogen-bond donors (Lipinski definition) is 2. The molecule has 0 aromatic heterocycles. The molecule has 0 unspecified atom stereocenters. The minimum Gasteiger partial charge on any atom is -0.465 e. The summed E-state index contributed by atoms with van der Waals surface area (Å²) < 4.78 is 5.63. The fourth-order valence-electron chi connectivity index (χ4n) is 5.08. The summed E-state index contributed by atoms with van der Waals surface area (Å²) in [5.74, 6) is -1.38. The number of nitrogens with zero attached hydrogens (tertiary/aromatic N) is 2. The Morgan fingerprint density at radius 1 is 1.11 bits per heavy atom. The molecule has 9 nitrogen and oxygen atoms in total. The van der Waals surface area contributed by atoms with Crippen LogP contribution in [-0.2, 0) is 38.7 Å². The summed E-state index contributed by atoms with van der Waals surface area (Å²) in [5, 5.41) is 13.8. The van der Waals surface area contributed by atoms with E-state index in [4.69, 9.17) is 9.57 Å². The first-order valence-corrected chi connectivity index (χ1v) is 12.3. The number of amides is 3. The van der Waals surface area contributed by atoms with E-state index in [1.807, 2.05) is 54.6 Å². The number of benzene rings is 2. The van der Waals surface area contributed by atoms with Crippen molar-refractivity contribution in [3.63, 3.8) is 0 Å². The highest BCUT2D eigenvalue weighted by molar-refractivity contribution is 5.88. The number of likely N-dealkylation sites (tertiary alicyclic amines) is 1. The monoisotopic (exact) mass is 495 g/mol. The number of carbonyl (C=O) groups excluding carboxylic acids is 2. The molecule has 0 radical (unpaired) electrons. The molecule has 0 bridgehead atoms. The zero-order valence-corrected chi connectivity index (χ0v) is 20.6. The third-order valence-corrected chi connectivity index (χ3v) is 7.05. The van der Waals surface area contributed by atoms with E-state index in [0.717, 1.165) is 16.7 Å². The van der Waals surface area contributed by atoms with Crippen LogP contribution >= 0.6 is 0 Å². The first kappa shape index (κ1) is 25.7. The second-order valence-electron chi connectivity index (χ2n) is 9.34. The fraction of sp³-hybridized carbons (Fsp3) is 0.444. The van der Waals surface area contributed by atoms with Crippen molar-refractivity contribution in [2.45, 2.75) is 57.5 Å². The predicted octanol–water partition coefficient (Wildman–Crippen LogP) is 2.98. The van der Waals surface area contributed by atoms with Gasteiger partial charge < -0.3 is 20.1 Å². The Hall–Kier alpha value is -3.43. The quantitative estimate of drug-likeness (QED) is 0.583. The number of nitrogens with one attached hydrogen (secondary N) is 1. The molecule has 2 heterocycles. The smallest absolute Gasteiger partial charge is 0.407 e. The van der Waals surface area contributed by atoms with E-state index in [-0.39, 0.29) is 18.4 Å². The summed E-state index contributed by atoms with van der Waals surface area (Å²) in [4.78, 5) is 45.7. The second kappa shape index (κ2) is 11.5. The van der Waals surface area contributed by atoms with E-state index < -0.39 is 30.2 Å². The summed E-state index contributed by atoms with van der Waals surface area (Å²) >= 11 is 0. The van der Waals surface area contributed by atoms with Gasteiger partial charge in [-0.3, -0.25) is 14.4 Å². The van der Waals surface area contributed by atoms with Crippen LogP contribution in [0.25, 0.3) is 0 Å². The predicted molar refractivity (Wildman–Crippen MR) is 132 cm³/mol. The molecule has 9 heteroatoms. The van der Waals surface area contributed by atoms with Crippen LogP contribution < -0.4 is 5.32 Å². The van der Waals surface area contributed by atoms with Gasteiger partial charge in [-0.2, -0.15) is 0 Å². The molecule has 1 saturated heterocycles. The largest absolute Gasteiger partial charge is 0.465 e. The van der Waals surface area contributed by atoms with Crippen LogP contribution in [0.2, 0.25) is 0 Å². The number of rotatable bonds is 8. The van der Waals surface area contributed by atoms with Gasteiger partial charge in [0.25, 0.3) is 5.91 Å². The number of fused-ring (bicyclic) bond motifs is 1. The maximum atomic E-state index is 13.6. The summed E-state index contributed by atoms with van der Waals surface area (Å²) in [6.45, 7) is 2.70. The van der Waals surface area contributed by atoms with Crippen molar-refractivity contribution < 1.29 is 29.1 Å². The fourth-order valence-corrected chi connectivity index (χ4v) is 5.08. The highest BCUT2D eigenvalue weighted by Gasteiger charge is 2.41. The molecule has 2 aromatic rings. The average Bonchev–Trinajstić information content (AvgIpc) is 3.38. The molecule has 0 spiro atoms. The molecule has 4 atom stereocenters. The van der Waals surface area contributed by atoms with Crippen molar-refractivity contribution in [1.82, 2.24) is 15.3 Å². The summed E-state index contributed by atoms with van der Waals surface area (Å²) in [6.07, 6.45) is -0.0210. The van der Waals surface area contributed by atoms with E-state index in [0.29, 0.717) is 32.4 Å². The molecule has 36 heavy (non-hydrogen) atoms. The maximum Gasteiger partial charge on any atom is 0.407 e. The Balaban J connectivity index is 1.51. The van der Waals surface area contributed by atoms with Crippen LogP contribution in [0.1, 0.15) is 36.5 Å². The molecule has 0 saturated carbocycles. The second-order valence-corrected chi connectivity index (χ2v) is 9.34. The number of hydrogen-bond acceptors (Lipinski definition) is 5. The molecule has 4 rings (SSSR count). The van der Waals surface area contributed by atoms with Crippen molar-refractivity contribution in [3.05, 3.63) is 71.3 Å². The maximum absolute atomic E-state index is 13.6. The van der Waals surface area contributed by atoms with Gasteiger partial charge in [-0.15, -0.1) is 0 Å². The zero-order valence-electron chi connectivity index (χ0n) is 20.6. The van der Waals surface area contributed by atoms with E-state index in [2.05, 4.69) is 5.32 Å². The lowest BCUT2D eigenvalue weighted by Gasteiger charge is -2.34. The molecular weight excluding hydrogens is 462 g/mol. The van der Waals surface area contributed by atoms with Crippen molar-refractivity contribution in [2.75, 3.05) is 13.7 Å². The van der Waals surface area contributed by atoms with Gasteiger partial charge >= 0.3 is 6.09 Å². The topological polar surface area (TPSA) is 108 Å². The van der Waals surface area contributed by atoms with Crippen LogP contribution in [0.4, 0.5) is 4.79 Å². The lowest BCUT2D eigenvalue weighted by Crippen LogP contribution is -2.54. The number of hydroxylamine groups is 2. The third-order valence-electron chi connectivity index (χ3n) is 7.05. The van der Waals surface area contributed by atoms with Gasteiger partial charge in [-0.1, -0.05) is 61.5 Å². The first-order chi connectivity index (χ1) is 17.4. The Labute approximate surface area is 210 Å².